The van der Waals surface area contributed by atoms with Gasteiger partial charge in [0.25, 0.3) is 5.69 Å². The second-order valence-corrected chi connectivity index (χ2v) is 6.47. The van der Waals surface area contributed by atoms with Crippen molar-refractivity contribution in [3.63, 3.8) is 0 Å². The van der Waals surface area contributed by atoms with Gasteiger partial charge in [-0.2, -0.15) is 0 Å². The van der Waals surface area contributed by atoms with Crippen LogP contribution in [0.2, 0.25) is 0 Å². The maximum atomic E-state index is 12.2. The van der Waals surface area contributed by atoms with Crippen molar-refractivity contribution in [2.45, 2.75) is 18.9 Å². The van der Waals surface area contributed by atoms with Gasteiger partial charge in [0.15, 0.2) is 23.9 Å². The summed E-state index contributed by atoms with van der Waals surface area (Å²) in [6, 6.07) is 8.97. The first kappa shape index (κ1) is 17.8. The number of hydrogen-bond donors (Lipinski definition) is 1. The molecule has 28 heavy (non-hydrogen) atoms. The lowest BCUT2D eigenvalue weighted by Gasteiger charge is -2.08. The molecule has 1 fully saturated rings. The Labute approximate surface area is 159 Å². The highest BCUT2D eigenvalue weighted by atomic mass is 16.7. The van der Waals surface area contributed by atoms with E-state index in [1.165, 1.54) is 18.2 Å². The molecule has 2 aromatic rings. The highest BCUT2D eigenvalue weighted by molar-refractivity contribution is 6.00. The third-order valence-corrected chi connectivity index (χ3v) is 4.40. The van der Waals surface area contributed by atoms with E-state index < -0.39 is 23.3 Å². The number of ketones is 1. The Morgan fingerprint density at radius 1 is 1.11 bits per heavy atom. The van der Waals surface area contributed by atoms with Gasteiger partial charge in [0.1, 0.15) is 5.69 Å². The Hall–Kier alpha value is -3.62. The third-order valence-electron chi connectivity index (χ3n) is 4.40. The van der Waals surface area contributed by atoms with Gasteiger partial charge in [-0.05, 0) is 43.2 Å². The molecule has 9 heteroatoms. The lowest BCUT2D eigenvalue weighted by atomic mass is 10.1. The summed E-state index contributed by atoms with van der Waals surface area (Å²) in [6.45, 7) is -0.402. The number of benzene rings is 2. The highest BCUT2D eigenvalue weighted by Crippen LogP contribution is 2.33. The van der Waals surface area contributed by atoms with Crippen molar-refractivity contribution in [3.8, 4) is 11.5 Å². The second kappa shape index (κ2) is 7.18. The number of nitrogens with one attached hydrogen (secondary N) is 1. The van der Waals surface area contributed by atoms with Crippen molar-refractivity contribution >= 4 is 23.1 Å². The zero-order valence-electron chi connectivity index (χ0n) is 14.7. The SMILES string of the molecule is O=C(COC(=O)c1ccc(NC2CC2)c([N+](=O)[O-])c1)c1ccc2c(c1)OCO2. The summed E-state index contributed by atoms with van der Waals surface area (Å²) in [5.74, 6) is -0.240. The summed E-state index contributed by atoms with van der Waals surface area (Å²) >= 11 is 0. The molecular weight excluding hydrogens is 368 g/mol. The molecule has 1 saturated carbocycles. The van der Waals surface area contributed by atoms with Crippen LogP contribution in [0.3, 0.4) is 0 Å². The number of esters is 1. The van der Waals surface area contributed by atoms with Crippen molar-refractivity contribution in [3.05, 3.63) is 57.6 Å². The molecule has 9 nitrogen and oxygen atoms in total. The number of fused-ring (bicyclic) bond motifs is 1. The number of rotatable bonds is 7. The molecule has 0 bridgehead atoms. The van der Waals surface area contributed by atoms with E-state index in [1.807, 2.05) is 0 Å². The van der Waals surface area contributed by atoms with E-state index >= 15 is 0 Å². The van der Waals surface area contributed by atoms with Crippen LogP contribution >= 0.6 is 0 Å². The molecule has 1 N–H and O–H groups in total. The van der Waals surface area contributed by atoms with E-state index in [1.54, 1.807) is 12.1 Å². The zero-order chi connectivity index (χ0) is 19.7. The van der Waals surface area contributed by atoms with E-state index in [-0.39, 0.29) is 24.1 Å². The van der Waals surface area contributed by atoms with Crippen LogP contribution in [0.25, 0.3) is 0 Å². The van der Waals surface area contributed by atoms with Gasteiger partial charge in [0.2, 0.25) is 6.79 Å². The molecule has 0 atom stereocenters. The number of anilines is 1. The van der Waals surface area contributed by atoms with Gasteiger partial charge in [0, 0.05) is 17.7 Å². The van der Waals surface area contributed by atoms with Crippen LogP contribution in [-0.2, 0) is 4.74 Å². The zero-order valence-corrected chi connectivity index (χ0v) is 14.7. The largest absolute Gasteiger partial charge is 0.454 e. The van der Waals surface area contributed by atoms with Crippen molar-refractivity contribution in [1.29, 1.82) is 0 Å². The quantitative estimate of drug-likeness (QED) is 0.335. The lowest BCUT2D eigenvalue weighted by Crippen LogP contribution is -2.15. The Balaban J connectivity index is 1.42. The summed E-state index contributed by atoms with van der Waals surface area (Å²) in [5.41, 5.74) is 0.475. The van der Waals surface area contributed by atoms with Crippen molar-refractivity contribution in [2.75, 3.05) is 18.7 Å². The second-order valence-electron chi connectivity index (χ2n) is 6.47. The minimum absolute atomic E-state index is 0.00605. The summed E-state index contributed by atoms with van der Waals surface area (Å²) in [5, 5.41) is 14.3. The van der Waals surface area contributed by atoms with E-state index in [2.05, 4.69) is 5.32 Å². The molecule has 2 aliphatic rings. The fraction of sp³-hybridized carbons (Fsp3) is 0.263. The Bertz CT molecular complexity index is 969. The standard InChI is InChI=1S/C19H16N2O7/c22-16(11-2-6-17-18(8-11)28-10-27-17)9-26-19(23)12-1-5-14(20-13-3-4-13)15(7-12)21(24)25/h1-2,5-8,13,20H,3-4,9-10H2. The summed E-state index contributed by atoms with van der Waals surface area (Å²) in [7, 11) is 0. The first-order valence-corrected chi connectivity index (χ1v) is 8.66. The molecule has 0 amide bonds. The molecule has 144 valence electrons. The summed E-state index contributed by atoms with van der Waals surface area (Å²) < 4.78 is 15.4. The lowest BCUT2D eigenvalue weighted by molar-refractivity contribution is -0.384. The van der Waals surface area contributed by atoms with Crippen LogP contribution in [0.1, 0.15) is 33.6 Å². The molecule has 0 saturated heterocycles. The monoisotopic (exact) mass is 384 g/mol. The fourth-order valence-electron chi connectivity index (χ4n) is 2.75. The fourth-order valence-corrected chi connectivity index (χ4v) is 2.75. The van der Waals surface area contributed by atoms with Crippen LogP contribution in [0, 0.1) is 10.1 Å². The number of carbonyl (C=O) groups is 2. The van der Waals surface area contributed by atoms with Crippen LogP contribution in [0.4, 0.5) is 11.4 Å². The summed E-state index contributed by atoms with van der Waals surface area (Å²) in [4.78, 5) is 35.2. The topological polar surface area (TPSA) is 117 Å². The van der Waals surface area contributed by atoms with Gasteiger partial charge < -0.3 is 19.5 Å². The minimum Gasteiger partial charge on any atom is -0.454 e. The Kier molecular flexibility index (Phi) is 4.56. The third kappa shape index (κ3) is 3.73. The maximum absolute atomic E-state index is 12.2. The molecule has 0 radical (unpaired) electrons. The number of carbonyl (C=O) groups excluding carboxylic acids is 2. The molecule has 1 aliphatic heterocycles. The number of nitrogens with zero attached hydrogens (tertiary/aromatic N) is 1. The predicted molar refractivity (Wildman–Crippen MR) is 96.9 cm³/mol. The van der Waals surface area contributed by atoms with Crippen LogP contribution in [0.15, 0.2) is 36.4 Å². The number of ether oxygens (including phenoxy) is 3. The molecular formula is C19H16N2O7. The number of hydrogen-bond acceptors (Lipinski definition) is 8. The first-order chi connectivity index (χ1) is 13.5. The van der Waals surface area contributed by atoms with Gasteiger partial charge in [-0.25, -0.2) is 4.79 Å². The maximum Gasteiger partial charge on any atom is 0.338 e. The minimum atomic E-state index is -0.810. The van der Waals surface area contributed by atoms with Gasteiger partial charge in [0.05, 0.1) is 10.5 Å². The molecule has 0 unspecified atom stereocenters. The molecule has 0 spiro atoms. The van der Waals surface area contributed by atoms with Gasteiger partial charge in [-0.3, -0.25) is 14.9 Å². The normalized spacial score (nSPS) is 14.4. The van der Waals surface area contributed by atoms with Crippen molar-refractivity contribution < 1.29 is 28.7 Å². The number of Topliss-reactive ketones (excluding diaryl/α,β-unsaturated/α-hetero) is 1. The van der Waals surface area contributed by atoms with Crippen LogP contribution < -0.4 is 14.8 Å². The van der Waals surface area contributed by atoms with Crippen molar-refractivity contribution in [1.82, 2.24) is 0 Å². The van der Waals surface area contributed by atoms with Crippen LogP contribution in [0.5, 0.6) is 11.5 Å². The smallest absolute Gasteiger partial charge is 0.338 e. The average Bonchev–Trinajstić information content (AvgIpc) is 3.38. The molecule has 1 heterocycles. The van der Waals surface area contributed by atoms with Crippen molar-refractivity contribution in [2.24, 2.45) is 0 Å². The highest BCUT2D eigenvalue weighted by Gasteiger charge is 2.26. The van der Waals surface area contributed by atoms with Gasteiger partial charge in [-0.1, -0.05) is 0 Å². The van der Waals surface area contributed by atoms with Crippen LogP contribution in [-0.4, -0.2) is 36.1 Å². The molecule has 1 aliphatic carbocycles. The average molecular weight is 384 g/mol. The summed E-state index contributed by atoms with van der Waals surface area (Å²) in [6.07, 6.45) is 1.92. The van der Waals surface area contributed by atoms with E-state index in [9.17, 15) is 19.7 Å². The predicted octanol–water partition coefficient (Wildman–Crippen LogP) is 2.94. The number of nitro groups is 1. The molecule has 4 rings (SSSR count). The van der Waals surface area contributed by atoms with Gasteiger partial charge >= 0.3 is 5.97 Å². The van der Waals surface area contributed by atoms with E-state index in [0.717, 1.165) is 18.9 Å². The first-order valence-electron chi connectivity index (χ1n) is 8.66. The number of nitro benzene ring substituents is 1. The van der Waals surface area contributed by atoms with E-state index in [0.29, 0.717) is 22.7 Å². The molecule has 0 aromatic heterocycles. The van der Waals surface area contributed by atoms with Gasteiger partial charge in [-0.15, -0.1) is 0 Å². The Morgan fingerprint density at radius 3 is 2.61 bits per heavy atom. The van der Waals surface area contributed by atoms with E-state index in [4.69, 9.17) is 14.2 Å². The molecule has 2 aromatic carbocycles. The Morgan fingerprint density at radius 2 is 1.86 bits per heavy atom.